The van der Waals surface area contributed by atoms with Crippen LogP contribution in [0, 0.1) is 0 Å². The van der Waals surface area contributed by atoms with Crippen molar-refractivity contribution in [3.8, 4) is 0 Å². The minimum atomic E-state index is -9.80. The molecule has 1 atom stereocenters. The van der Waals surface area contributed by atoms with Crippen LogP contribution in [0.25, 0.3) is 0 Å². The smallest absolute Gasteiger partial charge is 0.310 e. The summed E-state index contributed by atoms with van der Waals surface area (Å²) >= 11 is 0. The zero-order valence-corrected chi connectivity index (χ0v) is 16.4. The summed E-state index contributed by atoms with van der Waals surface area (Å²) in [4.78, 5) is 7.04. The van der Waals surface area contributed by atoms with Crippen LogP contribution < -0.4 is 5.32 Å². The Kier molecular flexibility index (Phi) is 4.00. The summed E-state index contributed by atoms with van der Waals surface area (Å²) in [6.07, 6.45) is 0.452. The van der Waals surface area contributed by atoms with E-state index in [9.17, 15) is 23.6 Å². The van der Waals surface area contributed by atoms with Crippen molar-refractivity contribution in [2.75, 3.05) is 11.1 Å². The van der Waals surface area contributed by atoms with Crippen LogP contribution in [-0.4, -0.2) is 19.9 Å². The first kappa shape index (κ1) is 20.0. The monoisotopic (exact) mass is 427 g/mol. The highest BCUT2D eigenvalue weighted by molar-refractivity contribution is 8.45. The lowest BCUT2D eigenvalue weighted by Gasteiger charge is -2.40. The van der Waals surface area contributed by atoms with E-state index >= 15 is 0 Å². The number of benzene rings is 1. The summed E-state index contributed by atoms with van der Waals surface area (Å²) < 4.78 is 77.6. The van der Waals surface area contributed by atoms with Crippen molar-refractivity contribution in [2.24, 2.45) is 0 Å². The first-order valence-electron chi connectivity index (χ1n) is 7.95. The molecule has 0 aliphatic carbocycles. The first-order chi connectivity index (χ1) is 12.0. The van der Waals surface area contributed by atoms with Crippen molar-refractivity contribution in [1.82, 2.24) is 9.97 Å². The van der Waals surface area contributed by atoms with Crippen LogP contribution in [0.3, 0.4) is 0 Å². The highest BCUT2D eigenvalue weighted by atomic mass is 32.5. The van der Waals surface area contributed by atoms with E-state index in [0.717, 1.165) is 6.07 Å². The van der Waals surface area contributed by atoms with Crippen LogP contribution in [0.2, 0.25) is 0 Å². The molecule has 1 aromatic carbocycles. The fourth-order valence-corrected chi connectivity index (χ4v) is 4.56. The lowest BCUT2D eigenvalue weighted by molar-refractivity contribution is 0.364. The van der Waals surface area contributed by atoms with Gasteiger partial charge in [0.2, 0.25) is 0 Å². The Labute approximate surface area is 155 Å². The largest absolute Gasteiger partial charge is 0.339 e. The van der Waals surface area contributed by atoms with Gasteiger partial charge in [0.25, 0.3) is 0 Å². The Morgan fingerprint density at radius 2 is 1.78 bits per heavy atom. The van der Waals surface area contributed by atoms with Crippen molar-refractivity contribution in [3.63, 3.8) is 0 Å². The molecule has 11 heteroatoms. The molecule has 27 heavy (non-hydrogen) atoms. The molecule has 1 unspecified atom stereocenters. The standard InChI is InChI=1S/C16H18F5N3OS2/c1-16(2,3)15-23-12-7-8-26(25)13(12)14(24-15)22-10-5-4-6-11(9-10)27(17,18,19,20)21/h4-6,9H,7-8H2,1-3H3,(H,22,23,24). The van der Waals surface area contributed by atoms with Crippen molar-refractivity contribution in [3.05, 3.63) is 35.8 Å². The van der Waals surface area contributed by atoms with Gasteiger partial charge in [0.15, 0.2) is 5.82 Å². The average Bonchev–Trinajstić information content (AvgIpc) is 2.86. The zero-order valence-electron chi connectivity index (χ0n) is 14.7. The van der Waals surface area contributed by atoms with Crippen LogP contribution in [0.1, 0.15) is 32.3 Å². The second-order valence-corrected chi connectivity index (χ2v) is 11.3. The quantitative estimate of drug-likeness (QED) is 0.626. The zero-order chi connectivity index (χ0) is 20.3. The third-order valence-corrected chi connectivity index (χ3v) is 6.50. The molecule has 1 aliphatic rings. The second-order valence-electron chi connectivity index (χ2n) is 7.34. The summed E-state index contributed by atoms with van der Waals surface area (Å²) in [5.41, 5.74) is -0.119. The van der Waals surface area contributed by atoms with E-state index in [1.54, 1.807) is 0 Å². The normalized spacial score (nSPS) is 19.9. The van der Waals surface area contributed by atoms with E-state index in [1.807, 2.05) is 20.8 Å². The van der Waals surface area contributed by atoms with Crippen LogP contribution in [-0.2, 0) is 22.6 Å². The van der Waals surface area contributed by atoms with E-state index in [4.69, 9.17) is 0 Å². The van der Waals surface area contributed by atoms with E-state index in [2.05, 4.69) is 15.3 Å². The van der Waals surface area contributed by atoms with Crippen molar-refractivity contribution < 1.29 is 23.6 Å². The molecule has 1 aromatic heterocycles. The molecule has 1 aliphatic heterocycles. The van der Waals surface area contributed by atoms with Crippen LogP contribution >= 0.6 is 10.2 Å². The van der Waals surface area contributed by atoms with Gasteiger partial charge in [0, 0.05) is 23.3 Å². The van der Waals surface area contributed by atoms with Gasteiger partial charge in [0.05, 0.1) is 16.5 Å². The average molecular weight is 427 g/mol. The Hall–Kier alpha value is -1.75. The predicted molar refractivity (Wildman–Crippen MR) is 96.8 cm³/mol. The second kappa shape index (κ2) is 5.40. The van der Waals surface area contributed by atoms with E-state index < -0.39 is 31.3 Å². The molecule has 2 aromatic rings. The predicted octanol–water partition coefficient (Wildman–Crippen LogP) is 5.84. The molecule has 150 valence electrons. The molecule has 2 heterocycles. The molecule has 0 amide bonds. The fourth-order valence-electron chi connectivity index (χ4n) is 2.57. The number of halogens is 5. The molecule has 0 radical (unpaired) electrons. The van der Waals surface area contributed by atoms with Crippen molar-refractivity contribution in [2.45, 2.75) is 42.4 Å². The maximum Gasteiger partial charge on any atom is 0.310 e. The molecule has 4 nitrogen and oxygen atoms in total. The number of anilines is 2. The van der Waals surface area contributed by atoms with Gasteiger partial charge in [-0.15, -0.1) is 0 Å². The van der Waals surface area contributed by atoms with Gasteiger partial charge in [-0.25, -0.2) is 9.97 Å². The molecule has 0 fully saturated rings. The van der Waals surface area contributed by atoms with E-state index in [1.165, 1.54) is 6.07 Å². The van der Waals surface area contributed by atoms with E-state index in [0.29, 0.717) is 40.7 Å². The maximum atomic E-state index is 13.1. The fraction of sp³-hybridized carbons (Fsp3) is 0.375. The summed E-state index contributed by atoms with van der Waals surface area (Å²) in [6, 6.07) is 2.77. The number of nitrogens with zero attached hydrogens (tertiary/aromatic N) is 2. The van der Waals surface area contributed by atoms with E-state index in [-0.39, 0.29) is 11.5 Å². The SMILES string of the molecule is CC(C)(C)c1nc2c(c(Nc3cccc(S(F)(F)(F)(F)F)c3)n1)S(=O)CC2. The third-order valence-electron chi connectivity index (χ3n) is 3.90. The third kappa shape index (κ3) is 4.23. The number of fused-ring (bicyclic) bond motifs is 1. The Bertz CT molecular complexity index is 956. The number of hydrogen-bond donors (Lipinski definition) is 1. The number of aryl methyl sites for hydroxylation is 1. The van der Waals surface area contributed by atoms with Gasteiger partial charge in [0.1, 0.15) is 15.6 Å². The van der Waals surface area contributed by atoms with Gasteiger partial charge >= 0.3 is 10.2 Å². The Morgan fingerprint density at radius 3 is 2.37 bits per heavy atom. The number of nitrogens with one attached hydrogen (secondary N) is 1. The van der Waals surface area contributed by atoms with Gasteiger partial charge in [-0.1, -0.05) is 46.3 Å². The van der Waals surface area contributed by atoms with Gasteiger partial charge < -0.3 is 5.32 Å². The van der Waals surface area contributed by atoms with Crippen LogP contribution in [0.4, 0.5) is 30.9 Å². The molecular weight excluding hydrogens is 409 g/mol. The first-order valence-corrected chi connectivity index (χ1v) is 11.2. The molecule has 0 spiro atoms. The Balaban J connectivity index is 2.10. The summed E-state index contributed by atoms with van der Waals surface area (Å²) in [7, 11) is -11.2. The minimum Gasteiger partial charge on any atom is -0.339 e. The van der Waals surface area contributed by atoms with Crippen molar-refractivity contribution in [1.29, 1.82) is 0 Å². The van der Waals surface area contributed by atoms with Crippen molar-refractivity contribution >= 4 is 32.5 Å². The molecule has 3 rings (SSSR count). The van der Waals surface area contributed by atoms with Gasteiger partial charge in [-0.2, -0.15) is 0 Å². The summed E-state index contributed by atoms with van der Waals surface area (Å²) in [5, 5.41) is 2.64. The molecule has 0 bridgehead atoms. The number of aromatic nitrogens is 2. The molecular formula is C16H18F5N3OS2. The number of hydrogen-bond acceptors (Lipinski definition) is 4. The topological polar surface area (TPSA) is 54.9 Å². The molecule has 0 saturated heterocycles. The molecule has 1 N–H and O–H groups in total. The Morgan fingerprint density at radius 1 is 1.11 bits per heavy atom. The maximum absolute atomic E-state index is 13.1. The lowest BCUT2D eigenvalue weighted by atomic mass is 9.95. The van der Waals surface area contributed by atoms with Gasteiger partial charge in [-0.3, -0.25) is 4.21 Å². The van der Waals surface area contributed by atoms with Crippen LogP contribution in [0.15, 0.2) is 34.1 Å². The highest BCUT2D eigenvalue weighted by Crippen LogP contribution is 3.02. The van der Waals surface area contributed by atoms with Crippen LogP contribution in [0.5, 0.6) is 0 Å². The number of rotatable bonds is 3. The highest BCUT2D eigenvalue weighted by Gasteiger charge is 2.65. The lowest BCUT2D eigenvalue weighted by Crippen LogP contribution is -2.18. The summed E-state index contributed by atoms with van der Waals surface area (Å²) in [5.74, 6) is 0.837. The molecule has 0 saturated carbocycles. The van der Waals surface area contributed by atoms with Gasteiger partial charge in [-0.05, 0) is 18.2 Å². The summed E-state index contributed by atoms with van der Waals surface area (Å²) in [6.45, 7) is 5.58. The minimum absolute atomic E-state index is 0.0834.